The van der Waals surface area contributed by atoms with E-state index in [2.05, 4.69) is 41.5 Å². The standard InChI is InChI=1S/C26H35ClN4O3/c1-6-8-15-31(18-32)26(33)29-25(30(5)17-21-11-9-20(7-2)10-12-21)28-22-13-14-24(23(27)16-22)34-19(3)4/h9-14,16,18-19H,6-8,15,17H2,1-5H3,(H,28,29,33). The fraction of sp³-hybridized carbons (Fsp3) is 0.423. The molecular formula is C26H35ClN4O3. The van der Waals surface area contributed by atoms with Crippen molar-refractivity contribution in [2.75, 3.05) is 13.6 Å². The molecule has 0 saturated carbocycles. The first-order valence-electron chi connectivity index (χ1n) is 11.6. The fourth-order valence-corrected chi connectivity index (χ4v) is 3.39. The highest BCUT2D eigenvalue weighted by Crippen LogP contribution is 2.30. The number of imide groups is 1. The highest BCUT2D eigenvalue weighted by atomic mass is 35.5. The van der Waals surface area contributed by atoms with E-state index in [0.717, 1.165) is 29.7 Å². The van der Waals surface area contributed by atoms with E-state index in [9.17, 15) is 9.59 Å². The van der Waals surface area contributed by atoms with E-state index in [4.69, 9.17) is 16.3 Å². The Labute approximate surface area is 207 Å². The highest BCUT2D eigenvalue weighted by molar-refractivity contribution is 6.32. The summed E-state index contributed by atoms with van der Waals surface area (Å²) in [5.74, 6) is 0.874. The minimum Gasteiger partial charge on any atom is -0.489 e. The van der Waals surface area contributed by atoms with E-state index in [1.165, 1.54) is 5.56 Å². The van der Waals surface area contributed by atoms with E-state index in [1.807, 2.05) is 32.7 Å². The predicted octanol–water partition coefficient (Wildman–Crippen LogP) is 5.78. The number of aliphatic imine (C=N–C) groups is 1. The van der Waals surface area contributed by atoms with Gasteiger partial charge in [0.05, 0.1) is 16.8 Å². The van der Waals surface area contributed by atoms with E-state index >= 15 is 0 Å². The molecule has 0 aliphatic heterocycles. The summed E-state index contributed by atoms with van der Waals surface area (Å²) in [6.07, 6.45) is 3.10. The van der Waals surface area contributed by atoms with E-state index in [0.29, 0.717) is 41.9 Å². The lowest BCUT2D eigenvalue weighted by atomic mass is 10.1. The molecule has 3 amide bonds. The van der Waals surface area contributed by atoms with Gasteiger partial charge >= 0.3 is 6.03 Å². The molecule has 0 bridgehead atoms. The summed E-state index contributed by atoms with van der Waals surface area (Å²) in [6.45, 7) is 8.82. The van der Waals surface area contributed by atoms with E-state index < -0.39 is 6.03 Å². The minimum atomic E-state index is -0.527. The molecule has 0 spiro atoms. The number of carbonyl (C=O) groups is 2. The number of amides is 3. The van der Waals surface area contributed by atoms with Crippen LogP contribution in [0.5, 0.6) is 5.75 Å². The van der Waals surface area contributed by atoms with Crippen LogP contribution < -0.4 is 10.1 Å². The van der Waals surface area contributed by atoms with Crippen molar-refractivity contribution in [1.29, 1.82) is 0 Å². The maximum Gasteiger partial charge on any atom is 0.330 e. The zero-order valence-electron chi connectivity index (χ0n) is 20.7. The molecule has 184 valence electrons. The minimum absolute atomic E-state index is 0.00984. The maximum absolute atomic E-state index is 12.8. The van der Waals surface area contributed by atoms with Crippen LogP contribution in [0.1, 0.15) is 51.7 Å². The third-order valence-corrected chi connectivity index (χ3v) is 5.38. The number of hydrogen-bond acceptors (Lipinski definition) is 4. The average Bonchev–Trinajstić information content (AvgIpc) is 2.81. The number of carbonyl (C=O) groups excluding carboxylic acids is 2. The number of nitrogens with zero attached hydrogens (tertiary/aromatic N) is 3. The number of guanidine groups is 1. The Balaban J connectivity index is 2.32. The second-order valence-electron chi connectivity index (χ2n) is 8.33. The van der Waals surface area contributed by atoms with Crippen LogP contribution in [0, 0.1) is 0 Å². The van der Waals surface area contributed by atoms with Gasteiger partial charge in [-0.1, -0.05) is 56.1 Å². The van der Waals surface area contributed by atoms with Crippen molar-refractivity contribution in [1.82, 2.24) is 15.1 Å². The number of urea groups is 1. The van der Waals surface area contributed by atoms with Gasteiger partial charge in [0.15, 0.2) is 0 Å². The van der Waals surface area contributed by atoms with Gasteiger partial charge in [-0.15, -0.1) is 0 Å². The van der Waals surface area contributed by atoms with Gasteiger partial charge in [0, 0.05) is 20.1 Å². The van der Waals surface area contributed by atoms with Crippen molar-refractivity contribution in [3.8, 4) is 5.75 Å². The van der Waals surface area contributed by atoms with Crippen LogP contribution in [0.2, 0.25) is 5.02 Å². The Morgan fingerprint density at radius 1 is 1.15 bits per heavy atom. The number of hydrogen-bond donors (Lipinski definition) is 1. The molecule has 1 N–H and O–H groups in total. The Bertz CT molecular complexity index is 977. The Hall–Kier alpha value is -3.06. The molecule has 0 aliphatic rings. The fourth-order valence-electron chi connectivity index (χ4n) is 3.17. The monoisotopic (exact) mass is 486 g/mol. The molecular weight excluding hydrogens is 452 g/mol. The van der Waals surface area contributed by atoms with Crippen molar-refractivity contribution in [2.24, 2.45) is 4.99 Å². The zero-order chi connectivity index (χ0) is 25.1. The third-order valence-electron chi connectivity index (χ3n) is 5.09. The van der Waals surface area contributed by atoms with Crippen LogP contribution in [0.4, 0.5) is 10.5 Å². The first-order chi connectivity index (χ1) is 16.3. The van der Waals surface area contributed by atoms with Gasteiger partial charge in [0.1, 0.15) is 5.75 Å². The third kappa shape index (κ3) is 8.37. The molecule has 0 unspecified atom stereocenters. The summed E-state index contributed by atoms with van der Waals surface area (Å²) < 4.78 is 5.69. The molecule has 8 heteroatoms. The number of nitrogens with one attached hydrogen (secondary N) is 1. The lowest BCUT2D eigenvalue weighted by molar-refractivity contribution is -0.115. The van der Waals surface area contributed by atoms with Gasteiger partial charge in [-0.25, -0.2) is 9.79 Å². The normalized spacial score (nSPS) is 11.3. The average molecular weight is 487 g/mol. The number of rotatable bonds is 10. The van der Waals surface area contributed by atoms with Crippen LogP contribution in [0.25, 0.3) is 0 Å². The van der Waals surface area contributed by atoms with Crippen molar-refractivity contribution in [2.45, 2.75) is 59.6 Å². The van der Waals surface area contributed by atoms with Gasteiger partial charge < -0.3 is 9.64 Å². The number of ether oxygens (including phenoxy) is 1. The Morgan fingerprint density at radius 3 is 2.38 bits per heavy atom. The molecule has 0 aliphatic carbocycles. The molecule has 2 aromatic rings. The predicted molar refractivity (Wildman–Crippen MR) is 138 cm³/mol. The summed E-state index contributed by atoms with van der Waals surface area (Å²) in [5.41, 5.74) is 2.87. The number of unbranched alkanes of at least 4 members (excludes halogenated alkanes) is 1. The maximum atomic E-state index is 12.8. The molecule has 0 atom stereocenters. The first kappa shape index (κ1) is 27.2. The van der Waals surface area contributed by atoms with E-state index in [1.54, 1.807) is 18.2 Å². The van der Waals surface area contributed by atoms with Crippen LogP contribution >= 0.6 is 11.6 Å². The number of benzene rings is 2. The molecule has 7 nitrogen and oxygen atoms in total. The smallest absolute Gasteiger partial charge is 0.330 e. The zero-order valence-corrected chi connectivity index (χ0v) is 21.4. The Kier molecular flexibility index (Phi) is 10.9. The molecule has 2 rings (SSSR count). The molecule has 0 radical (unpaired) electrons. The van der Waals surface area contributed by atoms with E-state index in [-0.39, 0.29) is 6.10 Å². The molecule has 34 heavy (non-hydrogen) atoms. The van der Waals surface area contributed by atoms with Gasteiger partial charge in [-0.3, -0.25) is 15.0 Å². The van der Waals surface area contributed by atoms with Crippen LogP contribution in [-0.4, -0.2) is 47.9 Å². The quantitative estimate of drug-likeness (QED) is 0.262. The number of aryl methyl sites for hydroxylation is 1. The lowest BCUT2D eigenvalue weighted by Crippen LogP contribution is -2.48. The van der Waals surface area contributed by atoms with Crippen LogP contribution in [0.3, 0.4) is 0 Å². The molecule has 0 aromatic heterocycles. The van der Waals surface area contributed by atoms with Gasteiger partial charge in [-0.2, -0.15) is 0 Å². The molecule has 0 fully saturated rings. The molecule has 0 saturated heterocycles. The van der Waals surface area contributed by atoms with Crippen molar-refractivity contribution < 1.29 is 14.3 Å². The van der Waals surface area contributed by atoms with Crippen molar-refractivity contribution >= 4 is 35.7 Å². The van der Waals surface area contributed by atoms with Gasteiger partial charge in [-0.05, 0) is 56.0 Å². The van der Waals surface area contributed by atoms with Crippen molar-refractivity contribution in [3.63, 3.8) is 0 Å². The number of halogens is 1. The summed E-state index contributed by atoms with van der Waals surface area (Å²) in [7, 11) is 1.84. The lowest BCUT2D eigenvalue weighted by Gasteiger charge is -2.24. The van der Waals surface area contributed by atoms with Crippen molar-refractivity contribution in [3.05, 3.63) is 58.6 Å². The SMILES string of the molecule is CCCCN(C=O)C(=O)NC(=Nc1ccc(OC(C)C)c(Cl)c1)N(C)Cc1ccc(CC)cc1. The van der Waals surface area contributed by atoms with Gasteiger partial charge in [0.2, 0.25) is 12.4 Å². The summed E-state index contributed by atoms with van der Waals surface area (Å²) in [6, 6.07) is 13.0. The first-order valence-corrected chi connectivity index (χ1v) is 12.0. The molecule has 0 heterocycles. The Morgan fingerprint density at radius 2 is 1.82 bits per heavy atom. The summed E-state index contributed by atoms with van der Waals surface area (Å²) >= 11 is 6.38. The summed E-state index contributed by atoms with van der Waals surface area (Å²) in [5, 5.41) is 3.22. The largest absolute Gasteiger partial charge is 0.489 e. The molecule has 2 aromatic carbocycles. The van der Waals surface area contributed by atoms with Gasteiger partial charge in [0.25, 0.3) is 0 Å². The topological polar surface area (TPSA) is 74.2 Å². The van der Waals surface area contributed by atoms with Crippen LogP contribution in [0.15, 0.2) is 47.5 Å². The highest BCUT2D eigenvalue weighted by Gasteiger charge is 2.18. The second kappa shape index (κ2) is 13.6. The second-order valence-corrected chi connectivity index (χ2v) is 8.73. The summed E-state index contributed by atoms with van der Waals surface area (Å²) in [4.78, 5) is 31.8. The van der Waals surface area contributed by atoms with Crippen LogP contribution in [-0.2, 0) is 17.8 Å².